The van der Waals surface area contributed by atoms with Crippen molar-refractivity contribution in [2.24, 2.45) is 0 Å². The molecule has 0 aliphatic heterocycles. The van der Waals surface area contributed by atoms with Crippen LogP contribution in [0.25, 0.3) is 31.8 Å². The number of halogens is 2. The molecule has 0 atom stereocenters. The molecule has 7 heteroatoms. The Morgan fingerprint density at radius 1 is 1.08 bits per heavy atom. The van der Waals surface area contributed by atoms with Gasteiger partial charge in [-0.1, -0.05) is 23.4 Å². The molecule has 24 heavy (non-hydrogen) atoms. The fraction of sp³-hybridized carbons (Fsp3) is 0. The predicted octanol–water partition coefficient (Wildman–Crippen LogP) is 4.50. The summed E-state index contributed by atoms with van der Waals surface area (Å²) in [6.07, 6.45) is 0. The van der Waals surface area contributed by atoms with Crippen molar-refractivity contribution in [3.8, 4) is 27.8 Å². The molecular weight excluding hydrogens is 330 g/mol. The molecule has 4 rings (SSSR count). The summed E-state index contributed by atoms with van der Waals surface area (Å²) in [5, 5.41) is 19.7. The molecule has 0 aliphatic rings. The summed E-state index contributed by atoms with van der Waals surface area (Å²) in [6.45, 7) is 0. The maximum Gasteiger partial charge on any atom is 0.163 e. The normalized spacial score (nSPS) is 10.9. The van der Waals surface area contributed by atoms with E-state index in [0.29, 0.717) is 15.8 Å². The third-order valence-electron chi connectivity index (χ3n) is 3.62. The smallest absolute Gasteiger partial charge is 0.163 e. The Morgan fingerprint density at radius 2 is 1.92 bits per heavy atom. The van der Waals surface area contributed by atoms with E-state index in [-0.39, 0.29) is 5.69 Å². The molecule has 0 fully saturated rings. The zero-order chi connectivity index (χ0) is 16.7. The molecule has 0 saturated heterocycles. The number of benzene rings is 2. The van der Waals surface area contributed by atoms with Crippen molar-refractivity contribution in [3.05, 3.63) is 59.8 Å². The second-order valence-corrected chi connectivity index (χ2v) is 6.20. The van der Waals surface area contributed by atoms with Crippen LogP contribution in [0, 0.1) is 23.0 Å². The maximum absolute atomic E-state index is 13.9. The van der Waals surface area contributed by atoms with E-state index in [1.807, 2.05) is 30.3 Å². The fourth-order valence-electron chi connectivity index (χ4n) is 2.55. The molecular formula is C17H8F2N4S. The molecule has 0 amide bonds. The van der Waals surface area contributed by atoms with E-state index in [1.54, 1.807) is 6.07 Å². The number of nitrogens with one attached hydrogen (secondary N) is 1. The quantitative estimate of drug-likeness (QED) is 0.585. The summed E-state index contributed by atoms with van der Waals surface area (Å²) in [4.78, 5) is 0.804. The number of rotatable bonds is 2. The van der Waals surface area contributed by atoms with E-state index in [4.69, 9.17) is 5.26 Å². The van der Waals surface area contributed by atoms with Gasteiger partial charge in [-0.3, -0.25) is 0 Å². The number of aromatic nitrogens is 3. The Kier molecular flexibility index (Phi) is 3.32. The Balaban J connectivity index is 1.85. The number of nitriles is 1. The standard InChI is InChI=1S/C17H8F2N4S/c18-12-5-11-6-15(24-17(11)13(19)7-12)9-2-1-3-10(4-9)16-14(8-20)21-23-22-16/h1-7H,(H,21,22,23). The molecule has 0 saturated carbocycles. The van der Waals surface area contributed by atoms with E-state index in [0.717, 1.165) is 22.1 Å². The first-order chi connectivity index (χ1) is 11.7. The zero-order valence-electron chi connectivity index (χ0n) is 12.0. The summed E-state index contributed by atoms with van der Waals surface area (Å²) < 4.78 is 27.7. The van der Waals surface area contributed by atoms with Gasteiger partial charge in [0.15, 0.2) is 5.69 Å². The first-order valence-electron chi connectivity index (χ1n) is 6.96. The van der Waals surface area contributed by atoms with Gasteiger partial charge in [-0.05, 0) is 29.1 Å². The monoisotopic (exact) mass is 338 g/mol. The van der Waals surface area contributed by atoms with Crippen molar-refractivity contribution in [1.29, 1.82) is 5.26 Å². The summed E-state index contributed by atoms with van der Waals surface area (Å²) >= 11 is 1.25. The van der Waals surface area contributed by atoms with Crippen molar-refractivity contribution in [1.82, 2.24) is 15.4 Å². The van der Waals surface area contributed by atoms with Crippen LogP contribution in [0.15, 0.2) is 42.5 Å². The average Bonchev–Trinajstić information content (AvgIpc) is 3.21. The molecule has 4 aromatic rings. The Labute approximate surface area is 139 Å². The van der Waals surface area contributed by atoms with Gasteiger partial charge in [-0.15, -0.1) is 16.4 Å². The number of nitrogens with zero attached hydrogens (tertiary/aromatic N) is 3. The zero-order valence-corrected chi connectivity index (χ0v) is 12.9. The Morgan fingerprint density at radius 3 is 2.75 bits per heavy atom. The van der Waals surface area contributed by atoms with Crippen LogP contribution < -0.4 is 0 Å². The lowest BCUT2D eigenvalue weighted by Crippen LogP contribution is -1.83. The second-order valence-electron chi connectivity index (χ2n) is 5.14. The van der Waals surface area contributed by atoms with Crippen LogP contribution in [0.4, 0.5) is 8.78 Å². The number of H-pyrrole nitrogens is 1. The molecule has 1 N–H and O–H groups in total. The maximum atomic E-state index is 13.9. The van der Waals surface area contributed by atoms with E-state index in [9.17, 15) is 8.78 Å². The number of hydrogen-bond acceptors (Lipinski definition) is 4. The van der Waals surface area contributed by atoms with Crippen LogP contribution in [0.3, 0.4) is 0 Å². The number of aromatic amines is 1. The molecule has 2 aromatic heterocycles. The van der Waals surface area contributed by atoms with Gasteiger partial charge in [-0.2, -0.15) is 5.26 Å². The minimum Gasteiger partial charge on any atom is -0.247 e. The molecule has 0 unspecified atom stereocenters. The van der Waals surface area contributed by atoms with Crippen LogP contribution in [0.1, 0.15) is 5.69 Å². The first-order valence-corrected chi connectivity index (χ1v) is 7.78. The van der Waals surface area contributed by atoms with Crippen LogP contribution in [-0.4, -0.2) is 15.4 Å². The minimum atomic E-state index is -0.598. The highest BCUT2D eigenvalue weighted by atomic mass is 32.1. The van der Waals surface area contributed by atoms with Gasteiger partial charge in [0, 0.05) is 16.5 Å². The van der Waals surface area contributed by atoms with Crippen molar-refractivity contribution in [2.75, 3.05) is 0 Å². The summed E-state index contributed by atoms with van der Waals surface area (Å²) in [6, 6.07) is 13.3. The van der Waals surface area contributed by atoms with E-state index < -0.39 is 11.6 Å². The summed E-state index contributed by atoms with van der Waals surface area (Å²) in [5.41, 5.74) is 2.29. The summed E-state index contributed by atoms with van der Waals surface area (Å²) in [7, 11) is 0. The second kappa shape index (κ2) is 5.51. The number of fused-ring (bicyclic) bond motifs is 1. The lowest BCUT2D eigenvalue weighted by molar-refractivity contribution is 0.593. The van der Waals surface area contributed by atoms with Crippen LogP contribution in [0.2, 0.25) is 0 Å². The SMILES string of the molecule is N#Cc1[nH]nnc1-c1cccc(-c2cc3cc(F)cc(F)c3s2)c1. The lowest BCUT2D eigenvalue weighted by atomic mass is 10.1. The molecule has 2 heterocycles. The number of thiophene rings is 1. The molecule has 0 spiro atoms. The molecule has 4 nitrogen and oxygen atoms in total. The van der Waals surface area contributed by atoms with Gasteiger partial charge in [0.2, 0.25) is 0 Å². The Hall–Kier alpha value is -3.11. The van der Waals surface area contributed by atoms with Gasteiger partial charge >= 0.3 is 0 Å². The van der Waals surface area contributed by atoms with Crippen LogP contribution in [0.5, 0.6) is 0 Å². The van der Waals surface area contributed by atoms with Gasteiger partial charge in [0.1, 0.15) is 23.4 Å². The Bertz CT molecular complexity index is 1110. The molecule has 116 valence electrons. The topological polar surface area (TPSA) is 65.4 Å². The summed E-state index contributed by atoms with van der Waals surface area (Å²) in [5.74, 6) is -1.17. The molecule has 2 aromatic carbocycles. The fourth-order valence-corrected chi connectivity index (χ4v) is 3.59. The number of hydrogen-bond donors (Lipinski definition) is 1. The van der Waals surface area contributed by atoms with E-state index in [1.165, 1.54) is 17.4 Å². The van der Waals surface area contributed by atoms with E-state index in [2.05, 4.69) is 15.4 Å². The van der Waals surface area contributed by atoms with Gasteiger partial charge in [0.25, 0.3) is 0 Å². The van der Waals surface area contributed by atoms with Crippen molar-refractivity contribution >= 4 is 21.4 Å². The van der Waals surface area contributed by atoms with Gasteiger partial charge in [-0.25, -0.2) is 13.9 Å². The molecule has 0 radical (unpaired) electrons. The van der Waals surface area contributed by atoms with E-state index >= 15 is 0 Å². The molecule has 0 bridgehead atoms. The highest BCUT2D eigenvalue weighted by Crippen LogP contribution is 2.36. The van der Waals surface area contributed by atoms with Gasteiger partial charge < -0.3 is 0 Å². The van der Waals surface area contributed by atoms with Gasteiger partial charge in [0.05, 0.1) is 4.70 Å². The predicted molar refractivity (Wildman–Crippen MR) is 87.3 cm³/mol. The highest BCUT2D eigenvalue weighted by molar-refractivity contribution is 7.22. The van der Waals surface area contributed by atoms with Crippen molar-refractivity contribution in [2.45, 2.75) is 0 Å². The molecule has 0 aliphatic carbocycles. The third kappa shape index (κ3) is 2.33. The van der Waals surface area contributed by atoms with Crippen molar-refractivity contribution in [3.63, 3.8) is 0 Å². The van der Waals surface area contributed by atoms with Crippen LogP contribution in [-0.2, 0) is 0 Å². The minimum absolute atomic E-state index is 0.275. The first kappa shape index (κ1) is 14.5. The van der Waals surface area contributed by atoms with Crippen molar-refractivity contribution < 1.29 is 8.78 Å². The lowest BCUT2D eigenvalue weighted by Gasteiger charge is -2.01. The third-order valence-corrected chi connectivity index (χ3v) is 4.82. The highest BCUT2D eigenvalue weighted by Gasteiger charge is 2.13. The van der Waals surface area contributed by atoms with Crippen LogP contribution >= 0.6 is 11.3 Å². The largest absolute Gasteiger partial charge is 0.247 e. The average molecular weight is 338 g/mol.